The minimum absolute atomic E-state index is 0.368. The summed E-state index contributed by atoms with van der Waals surface area (Å²) >= 11 is 0. The number of amides is 1. The number of ether oxygens (including phenoxy) is 2. The van der Waals surface area contributed by atoms with E-state index in [4.69, 9.17) is 9.47 Å². The second-order valence-corrected chi connectivity index (χ2v) is 9.92. The van der Waals surface area contributed by atoms with Crippen LogP contribution in [-0.4, -0.2) is 91.2 Å². The van der Waals surface area contributed by atoms with Gasteiger partial charge in [-0.3, -0.25) is 9.91 Å². The van der Waals surface area contributed by atoms with Crippen LogP contribution in [0.25, 0.3) is 0 Å². The lowest BCUT2D eigenvalue weighted by Gasteiger charge is -2.26. The molecule has 1 aliphatic heterocycles. The lowest BCUT2D eigenvalue weighted by atomic mass is 10.2. The van der Waals surface area contributed by atoms with Crippen LogP contribution in [0.5, 0.6) is 0 Å². The quantitative estimate of drug-likeness (QED) is 0.347. The van der Waals surface area contributed by atoms with Gasteiger partial charge in [0.25, 0.3) is 5.92 Å². The van der Waals surface area contributed by atoms with Gasteiger partial charge < -0.3 is 14.4 Å². The molecule has 0 bridgehead atoms. The van der Waals surface area contributed by atoms with Crippen LogP contribution in [0.4, 0.5) is 13.6 Å². The van der Waals surface area contributed by atoms with E-state index >= 15 is 0 Å². The number of alkyl halides is 2. The van der Waals surface area contributed by atoms with Crippen molar-refractivity contribution in [1.82, 2.24) is 14.8 Å². The maximum absolute atomic E-state index is 13.6. The molecule has 0 spiro atoms. The molecule has 1 unspecified atom stereocenters. The van der Waals surface area contributed by atoms with Crippen molar-refractivity contribution in [2.75, 3.05) is 46.9 Å². The van der Waals surface area contributed by atoms with Crippen molar-refractivity contribution in [2.24, 2.45) is 5.10 Å². The average Bonchev–Trinajstić information content (AvgIpc) is 3.00. The summed E-state index contributed by atoms with van der Waals surface area (Å²) in [7, 11) is 3.62. The molecule has 32 heavy (non-hydrogen) atoms. The monoisotopic (exact) mass is 462 g/mol. The second kappa shape index (κ2) is 13.3. The highest BCUT2D eigenvalue weighted by Crippen LogP contribution is 2.23. The van der Waals surface area contributed by atoms with Gasteiger partial charge >= 0.3 is 6.09 Å². The van der Waals surface area contributed by atoms with Crippen molar-refractivity contribution in [3.05, 3.63) is 0 Å². The molecule has 0 aliphatic carbocycles. The predicted molar refractivity (Wildman–Crippen MR) is 124 cm³/mol. The van der Waals surface area contributed by atoms with Crippen LogP contribution in [0, 0.1) is 0 Å². The van der Waals surface area contributed by atoms with Crippen LogP contribution in [0.15, 0.2) is 5.10 Å². The van der Waals surface area contributed by atoms with Gasteiger partial charge in [-0.2, -0.15) is 5.10 Å². The number of carbonyl (C=O) groups is 1. The summed E-state index contributed by atoms with van der Waals surface area (Å²) in [5.74, 6) is -2.84. The van der Waals surface area contributed by atoms with Gasteiger partial charge in [0.2, 0.25) is 0 Å². The van der Waals surface area contributed by atoms with E-state index in [0.717, 1.165) is 25.5 Å². The molecule has 1 rings (SSSR count). The van der Waals surface area contributed by atoms with Crippen molar-refractivity contribution in [3.8, 4) is 0 Å². The van der Waals surface area contributed by atoms with Gasteiger partial charge in [-0.05, 0) is 34.2 Å². The third kappa shape index (κ3) is 12.5. The first kappa shape index (κ1) is 28.6. The number of likely N-dealkylation sites (N-methyl/N-ethyl adjacent to an activating group) is 2. The zero-order valence-electron chi connectivity index (χ0n) is 21.1. The third-order valence-electron chi connectivity index (χ3n) is 4.99. The average molecular weight is 463 g/mol. The Labute approximate surface area is 193 Å². The molecule has 0 N–H and O–H groups in total. The van der Waals surface area contributed by atoms with E-state index < -0.39 is 24.3 Å². The Hall–Kier alpha value is -1.48. The van der Waals surface area contributed by atoms with E-state index in [0.29, 0.717) is 32.7 Å². The van der Waals surface area contributed by atoms with Crippen LogP contribution in [-0.2, 0) is 9.47 Å². The summed E-state index contributed by atoms with van der Waals surface area (Å²) < 4.78 is 38.6. The Morgan fingerprint density at radius 1 is 1.12 bits per heavy atom. The Kier molecular flexibility index (Phi) is 11.9. The zero-order valence-corrected chi connectivity index (χ0v) is 21.1. The Morgan fingerprint density at radius 2 is 1.78 bits per heavy atom. The molecule has 0 fully saturated rings. The standard InChI is InChI=1S/C23H44F2N4O3/c1-8-9-10-11-12-15-31-20-16-19(26-29(20)18-23(5,24)25)17-27(6)13-14-28(7)21(30)32-22(2,3)4/h20H,8-18H2,1-7H3. The van der Waals surface area contributed by atoms with Gasteiger partial charge in [0, 0.05) is 46.6 Å². The van der Waals surface area contributed by atoms with E-state index in [1.165, 1.54) is 29.2 Å². The highest BCUT2D eigenvalue weighted by Gasteiger charge is 2.34. The lowest BCUT2D eigenvalue weighted by Crippen LogP contribution is -2.39. The summed E-state index contributed by atoms with van der Waals surface area (Å²) in [6.45, 7) is 10.3. The molecule has 9 heteroatoms. The van der Waals surface area contributed by atoms with E-state index in [1.54, 1.807) is 7.05 Å². The first-order valence-electron chi connectivity index (χ1n) is 11.8. The maximum Gasteiger partial charge on any atom is 0.410 e. The van der Waals surface area contributed by atoms with Crippen LogP contribution in [0.2, 0.25) is 0 Å². The number of nitrogens with zero attached hydrogens (tertiary/aromatic N) is 4. The Morgan fingerprint density at radius 3 is 2.38 bits per heavy atom. The minimum Gasteiger partial charge on any atom is -0.444 e. The molecule has 0 radical (unpaired) electrons. The van der Waals surface area contributed by atoms with Crippen molar-refractivity contribution < 1.29 is 23.0 Å². The number of hydrogen-bond donors (Lipinski definition) is 0. The molecule has 1 amide bonds. The molecule has 0 aromatic carbocycles. The highest BCUT2D eigenvalue weighted by atomic mass is 19.3. The molecule has 0 aromatic rings. The molecule has 0 aromatic heterocycles. The van der Waals surface area contributed by atoms with Crippen LogP contribution in [0.1, 0.15) is 73.1 Å². The molecule has 0 saturated carbocycles. The highest BCUT2D eigenvalue weighted by molar-refractivity contribution is 5.87. The van der Waals surface area contributed by atoms with Gasteiger partial charge in [0.1, 0.15) is 12.1 Å². The molecule has 1 atom stereocenters. The van der Waals surface area contributed by atoms with Crippen molar-refractivity contribution in [3.63, 3.8) is 0 Å². The Bertz CT molecular complexity index is 591. The summed E-state index contributed by atoms with van der Waals surface area (Å²) in [5.41, 5.74) is 0.277. The van der Waals surface area contributed by atoms with Gasteiger partial charge in [-0.15, -0.1) is 0 Å². The summed E-state index contributed by atoms with van der Waals surface area (Å²) in [6.07, 6.45) is 5.28. The summed E-state index contributed by atoms with van der Waals surface area (Å²) in [4.78, 5) is 15.6. The van der Waals surface area contributed by atoms with Crippen molar-refractivity contribution in [1.29, 1.82) is 0 Å². The summed E-state index contributed by atoms with van der Waals surface area (Å²) in [6, 6.07) is 0. The summed E-state index contributed by atoms with van der Waals surface area (Å²) in [5, 5.41) is 5.82. The third-order valence-corrected chi connectivity index (χ3v) is 4.99. The molecular weight excluding hydrogens is 418 g/mol. The van der Waals surface area contributed by atoms with E-state index in [-0.39, 0.29) is 6.09 Å². The zero-order chi connectivity index (χ0) is 24.4. The number of halogens is 2. The fourth-order valence-corrected chi connectivity index (χ4v) is 3.32. The topological polar surface area (TPSA) is 57.6 Å². The number of carbonyl (C=O) groups excluding carboxylic acids is 1. The SMILES string of the molecule is CCCCCCCOC1CC(CN(C)CCN(C)C(=O)OC(C)(C)C)=NN1CC(C)(F)F. The van der Waals surface area contributed by atoms with Crippen LogP contribution >= 0.6 is 0 Å². The number of unbranched alkanes of at least 4 members (excludes halogenated alkanes) is 4. The normalized spacial score (nSPS) is 17.1. The van der Waals surface area contributed by atoms with Crippen molar-refractivity contribution >= 4 is 11.8 Å². The number of rotatable bonds is 14. The molecule has 188 valence electrons. The first-order valence-corrected chi connectivity index (χ1v) is 11.8. The van der Waals surface area contributed by atoms with Crippen LogP contribution < -0.4 is 0 Å². The lowest BCUT2D eigenvalue weighted by molar-refractivity contribution is -0.0926. The van der Waals surface area contributed by atoms with Crippen LogP contribution in [0.3, 0.4) is 0 Å². The fourth-order valence-electron chi connectivity index (χ4n) is 3.32. The second-order valence-electron chi connectivity index (χ2n) is 9.92. The molecule has 0 saturated heterocycles. The number of hydrazone groups is 1. The Balaban J connectivity index is 2.51. The number of hydrogen-bond acceptors (Lipinski definition) is 6. The van der Waals surface area contributed by atoms with E-state index in [1.807, 2.05) is 32.7 Å². The van der Waals surface area contributed by atoms with E-state index in [2.05, 4.69) is 12.0 Å². The van der Waals surface area contributed by atoms with Gasteiger partial charge in [0.15, 0.2) is 6.23 Å². The first-order chi connectivity index (χ1) is 14.8. The van der Waals surface area contributed by atoms with Gasteiger partial charge in [0.05, 0.1) is 5.71 Å². The maximum atomic E-state index is 13.6. The smallest absolute Gasteiger partial charge is 0.410 e. The van der Waals surface area contributed by atoms with Gasteiger partial charge in [-0.25, -0.2) is 13.6 Å². The van der Waals surface area contributed by atoms with E-state index in [9.17, 15) is 13.6 Å². The fraction of sp³-hybridized carbons (Fsp3) is 0.913. The predicted octanol–water partition coefficient (Wildman–Crippen LogP) is 4.82. The molecular formula is C23H44F2N4O3. The minimum atomic E-state index is -2.84. The molecule has 1 aliphatic rings. The van der Waals surface area contributed by atoms with Crippen molar-refractivity contribution in [2.45, 2.75) is 90.9 Å². The molecule has 1 heterocycles. The van der Waals surface area contributed by atoms with Gasteiger partial charge in [-0.1, -0.05) is 32.6 Å². The molecule has 7 nitrogen and oxygen atoms in total. The largest absolute Gasteiger partial charge is 0.444 e.